The van der Waals surface area contributed by atoms with Crippen molar-refractivity contribution in [3.8, 4) is 0 Å². The zero-order valence-electron chi connectivity index (χ0n) is 10.5. The number of anilines is 1. The van der Waals surface area contributed by atoms with Crippen molar-refractivity contribution in [2.75, 3.05) is 5.32 Å². The quantitative estimate of drug-likeness (QED) is 0.796. The summed E-state index contributed by atoms with van der Waals surface area (Å²) in [5.41, 5.74) is 2.78. The van der Waals surface area contributed by atoms with Crippen LogP contribution in [0.25, 0.3) is 11.2 Å². The number of nitrogens with one attached hydrogen (secondary N) is 1. The van der Waals surface area contributed by atoms with Crippen LogP contribution in [0.4, 0.5) is 5.69 Å². The van der Waals surface area contributed by atoms with Crippen LogP contribution in [0.1, 0.15) is 5.82 Å². The summed E-state index contributed by atoms with van der Waals surface area (Å²) >= 11 is 5.95. The lowest BCUT2D eigenvalue weighted by Crippen LogP contribution is -2.05. The van der Waals surface area contributed by atoms with Crippen LogP contribution in [-0.4, -0.2) is 14.5 Å². The van der Waals surface area contributed by atoms with E-state index >= 15 is 0 Å². The van der Waals surface area contributed by atoms with Crippen molar-refractivity contribution >= 4 is 28.5 Å². The van der Waals surface area contributed by atoms with Crippen molar-refractivity contribution in [2.45, 2.75) is 6.54 Å². The van der Waals surface area contributed by atoms with E-state index in [4.69, 9.17) is 11.6 Å². The van der Waals surface area contributed by atoms with Gasteiger partial charge in [-0.25, -0.2) is 9.97 Å². The van der Waals surface area contributed by atoms with Crippen LogP contribution in [0.2, 0.25) is 5.02 Å². The third-order valence-electron chi connectivity index (χ3n) is 3.02. The number of halogens is 1. The minimum Gasteiger partial charge on any atom is -0.378 e. The maximum atomic E-state index is 5.95. The standard InChI is InChI=1S/C14H13ClN4/c1-19-12-6-3-7-16-14(12)18-13(19)9-17-11-5-2-4-10(15)8-11/h2-8,17H,9H2,1H3. The molecule has 0 fully saturated rings. The summed E-state index contributed by atoms with van der Waals surface area (Å²) in [4.78, 5) is 8.76. The summed E-state index contributed by atoms with van der Waals surface area (Å²) in [5.74, 6) is 0.939. The van der Waals surface area contributed by atoms with Gasteiger partial charge in [0.05, 0.1) is 12.1 Å². The van der Waals surface area contributed by atoms with Crippen LogP contribution in [0.5, 0.6) is 0 Å². The molecule has 0 bridgehead atoms. The van der Waals surface area contributed by atoms with Crippen LogP contribution >= 0.6 is 11.6 Å². The van der Waals surface area contributed by atoms with E-state index in [1.807, 2.05) is 48.0 Å². The molecule has 0 saturated heterocycles. The van der Waals surface area contributed by atoms with Crippen molar-refractivity contribution < 1.29 is 0 Å². The summed E-state index contributed by atoms with van der Waals surface area (Å²) in [5, 5.41) is 4.03. The fourth-order valence-electron chi connectivity index (χ4n) is 2.01. The first-order valence-corrected chi connectivity index (χ1v) is 6.37. The van der Waals surface area contributed by atoms with E-state index in [-0.39, 0.29) is 0 Å². The Morgan fingerprint density at radius 2 is 2.16 bits per heavy atom. The highest BCUT2D eigenvalue weighted by Crippen LogP contribution is 2.17. The number of aromatic nitrogens is 3. The van der Waals surface area contributed by atoms with Crippen molar-refractivity contribution in [3.05, 3.63) is 53.4 Å². The van der Waals surface area contributed by atoms with E-state index < -0.39 is 0 Å². The van der Waals surface area contributed by atoms with E-state index in [0.717, 1.165) is 27.7 Å². The number of hydrogen-bond donors (Lipinski definition) is 1. The molecule has 0 amide bonds. The highest BCUT2D eigenvalue weighted by Gasteiger charge is 2.07. The predicted molar refractivity (Wildman–Crippen MR) is 77.3 cm³/mol. The van der Waals surface area contributed by atoms with Crippen LogP contribution in [0, 0.1) is 0 Å². The first kappa shape index (κ1) is 12.0. The van der Waals surface area contributed by atoms with E-state index in [1.54, 1.807) is 6.20 Å². The van der Waals surface area contributed by atoms with Gasteiger partial charge < -0.3 is 9.88 Å². The molecule has 1 N–H and O–H groups in total. The second kappa shape index (κ2) is 4.90. The molecule has 96 valence electrons. The molecule has 19 heavy (non-hydrogen) atoms. The third kappa shape index (κ3) is 2.39. The van der Waals surface area contributed by atoms with E-state index in [1.165, 1.54) is 0 Å². The average molecular weight is 273 g/mol. The SMILES string of the molecule is Cn1c(CNc2cccc(Cl)c2)nc2ncccc21. The Hall–Kier alpha value is -2.07. The molecular weight excluding hydrogens is 260 g/mol. The van der Waals surface area contributed by atoms with Crippen LogP contribution in [0.15, 0.2) is 42.6 Å². The number of nitrogens with zero attached hydrogens (tertiary/aromatic N) is 3. The summed E-state index contributed by atoms with van der Waals surface area (Å²) < 4.78 is 2.04. The molecule has 0 aliphatic carbocycles. The fraction of sp³-hybridized carbons (Fsp3) is 0.143. The Morgan fingerprint density at radius 1 is 1.26 bits per heavy atom. The smallest absolute Gasteiger partial charge is 0.177 e. The molecule has 3 aromatic rings. The van der Waals surface area contributed by atoms with E-state index in [2.05, 4.69) is 15.3 Å². The first-order chi connectivity index (χ1) is 9.24. The topological polar surface area (TPSA) is 42.7 Å². The second-order valence-electron chi connectivity index (χ2n) is 4.30. The van der Waals surface area contributed by atoms with Crippen LogP contribution in [-0.2, 0) is 13.6 Å². The van der Waals surface area contributed by atoms with Gasteiger partial charge in [0.2, 0.25) is 0 Å². The molecule has 3 rings (SSSR count). The van der Waals surface area contributed by atoms with Gasteiger partial charge >= 0.3 is 0 Å². The van der Waals surface area contributed by atoms with Gasteiger partial charge in [-0.2, -0.15) is 0 Å². The zero-order valence-corrected chi connectivity index (χ0v) is 11.2. The molecule has 0 aliphatic rings. The van der Waals surface area contributed by atoms with E-state index in [0.29, 0.717) is 6.54 Å². The van der Waals surface area contributed by atoms with Crippen LogP contribution < -0.4 is 5.32 Å². The minimum atomic E-state index is 0.632. The molecule has 0 radical (unpaired) electrons. The Balaban J connectivity index is 1.84. The zero-order chi connectivity index (χ0) is 13.2. The molecule has 1 aromatic carbocycles. The highest BCUT2D eigenvalue weighted by atomic mass is 35.5. The first-order valence-electron chi connectivity index (χ1n) is 6.00. The van der Waals surface area contributed by atoms with Gasteiger partial charge in [0.15, 0.2) is 5.65 Å². The Kier molecular flexibility index (Phi) is 3.09. The number of benzene rings is 1. The molecule has 0 atom stereocenters. The molecular formula is C14H13ClN4. The lowest BCUT2D eigenvalue weighted by atomic mass is 10.3. The summed E-state index contributed by atoms with van der Waals surface area (Å²) in [6.07, 6.45) is 1.75. The predicted octanol–water partition coefficient (Wildman–Crippen LogP) is 3.23. The van der Waals surface area contributed by atoms with Gasteiger partial charge in [0, 0.05) is 24.0 Å². The van der Waals surface area contributed by atoms with Gasteiger partial charge in [-0.3, -0.25) is 0 Å². The largest absolute Gasteiger partial charge is 0.378 e. The fourth-order valence-corrected chi connectivity index (χ4v) is 2.20. The molecule has 0 aliphatic heterocycles. The average Bonchev–Trinajstić information content (AvgIpc) is 2.74. The number of pyridine rings is 1. The second-order valence-corrected chi connectivity index (χ2v) is 4.73. The molecule has 5 heteroatoms. The summed E-state index contributed by atoms with van der Waals surface area (Å²) in [7, 11) is 1.99. The monoisotopic (exact) mass is 272 g/mol. The highest BCUT2D eigenvalue weighted by molar-refractivity contribution is 6.30. The van der Waals surface area contributed by atoms with Crippen molar-refractivity contribution in [3.63, 3.8) is 0 Å². The number of imidazole rings is 1. The minimum absolute atomic E-state index is 0.632. The maximum Gasteiger partial charge on any atom is 0.177 e. The number of hydrogen-bond acceptors (Lipinski definition) is 3. The Bertz CT molecular complexity index is 720. The van der Waals surface area contributed by atoms with Gasteiger partial charge in [-0.15, -0.1) is 0 Å². The molecule has 0 saturated carbocycles. The number of rotatable bonds is 3. The molecule has 0 spiro atoms. The van der Waals surface area contributed by atoms with E-state index in [9.17, 15) is 0 Å². The lowest BCUT2D eigenvalue weighted by molar-refractivity contribution is 0.834. The third-order valence-corrected chi connectivity index (χ3v) is 3.26. The Labute approximate surface area is 116 Å². The van der Waals surface area contributed by atoms with Gasteiger partial charge in [0.25, 0.3) is 0 Å². The van der Waals surface area contributed by atoms with Crippen molar-refractivity contribution in [1.82, 2.24) is 14.5 Å². The Morgan fingerprint density at radius 3 is 2.95 bits per heavy atom. The number of fused-ring (bicyclic) bond motifs is 1. The van der Waals surface area contributed by atoms with Crippen molar-refractivity contribution in [2.24, 2.45) is 7.05 Å². The molecule has 0 unspecified atom stereocenters. The number of aryl methyl sites for hydroxylation is 1. The normalized spacial score (nSPS) is 10.8. The van der Waals surface area contributed by atoms with Gasteiger partial charge in [-0.05, 0) is 30.3 Å². The van der Waals surface area contributed by atoms with Gasteiger partial charge in [0.1, 0.15) is 5.82 Å². The summed E-state index contributed by atoms with van der Waals surface area (Å²) in [6, 6.07) is 11.6. The lowest BCUT2D eigenvalue weighted by Gasteiger charge is -2.06. The molecule has 2 aromatic heterocycles. The maximum absolute atomic E-state index is 5.95. The molecule has 4 nitrogen and oxygen atoms in total. The molecule has 2 heterocycles. The van der Waals surface area contributed by atoms with Crippen LogP contribution in [0.3, 0.4) is 0 Å². The van der Waals surface area contributed by atoms with Crippen molar-refractivity contribution in [1.29, 1.82) is 0 Å². The van der Waals surface area contributed by atoms with Gasteiger partial charge in [-0.1, -0.05) is 17.7 Å². The summed E-state index contributed by atoms with van der Waals surface area (Å²) in [6.45, 7) is 0.632.